The van der Waals surface area contributed by atoms with E-state index in [1.807, 2.05) is 6.92 Å². The fraction of sp³-hybridized carbons (Fsp3) is 0.375. The van der Waals surface area contributed by atoms with Gasteiger partial charge in [0.05, 0.1) is 6.54 Å². The van der Waals surface area contributed by atoms with Crippen molar-refractivity contribution in [2.45, 2.75) is 26.1 Å². The van der Waals surface area contributed by atoms with Gasteiger partial charge in [-0.05, 0) is 37.1 Å². The Morgan fingerprint density at radius 2 is 1.96 bits per heavy atom. The number of hydrogen-bond acceptors (Lipinski definition) is 3. The highest BCUT2D eigenvalue weighted by Gasteiger charge is 2.33. The topological polar surface area (TPSA) is 49.3 Å². The van der Waals surface area contributed by atoms with Gasteiger partial charge in [-0.25, -0.2) is 18.8 Å². The number of alkyl halides is 3. The third kappa shape index (κ3) is 7.56. The van der Waals surface area contributed by atoms with Crippen molar-refractivity contribution in [1.82, 2.24) is 15.6 Å². The van der Waals surface area contributed by atoms with Gasteiger partial charge in [-0.2, -0.15) is 13.2 Å². The quantitative estimate of drug-likeness (QED) is 0.258. The molecule has 1 aromatic carbocycles. The number of benzene rings is 1. The van der Waals surface area contributed by atoms with Crippen molar-refractivity contribution in [2.24, 2.45) is 4.99 Å². The summed E-state index contributed by atoms with van der Waals surface area (Å²) in [5.74, 6) is -0.670. The Balaban J connectivity index is 0.00000364. The maximum atomic E-state index is 13.6. The Morgan fingerprint density at radius 1 is 1.22 bits per heavy atom. The van der Waals surface area contributed by atoms with Crippen molar-refractivity contribution in [1.29, 1.82) is 0 Å². The van der Waals surface area contributed by atoms with E-state index in [0.717, 1.165) is 34.9 Å². The van der Waals surface area contributed by atoms with Gasteiger partial charge in [-0.3, -0.25) is 0 Å². The summed E-state index contributed by atoms with van der Waals surface area (Å²) >= 11 is 0.876. The standard InChI is InChI=1S/C16H17F5N4S.HI/c1-2-22-15(23-6-5-10-7-11(17)3-4-12(10)18)24-8-14-25-13(9-26-14)16(19,20)21;/h3-4,7,9H,2,5-6,8H2,1H3,(H2,22,23,24);1H. The SMILES string of the molecule is CCNC(=NCc1nc(C(F)(F)F)cs1)NCCc1cc(F)ccc1F.I. The maximum Gasteiger partial charge on any atom is 0.434 e. The number of nitrogens with one attached hydrogen (secondary N) is 2. The van der Waals surface area contributed by atoms with Gasteiger partial charge in [0.25, 0.3) is 0 Å². The molecule has 150 valence electrons. The predicted octanol–water partition coefficient (Wildman–Crippen LogP) is 4.36. The molecule has 0 aliphatic heterocycles. The highest BCUT2D eigenvalue weighted by atomic mass is 127. The summed E-state index contributed by atoms with van der Waals surface area (Å²) in [5, 5.41) is 7.03. The van der Waals surface area contributed by atoms with E-state index in [2.05, 4.69) is 20.6 Å². The number of halogens is 6. The first-order chi connectivity index (χ1) is 12.3. The molecule has 1 aromatic heterocycles. The molecule has 0 atom stereocenters. The van der Waals surface area contributed by atoms with Crippen LogP contribution in [0.25, 0.3) is 0 Å². The van der Waals surface area contributed by atoms with Crippen molar-refractivity contribution in [3.63, 3.8) is 0 Å². The van der Waals surface area contributed by atoms with Crippen LogP contribution in [0.5, 0.6) is 0 Å². The summed E-state index contributed by atoms with van der Waals surface area (Å²) in [5.41, 5.74) is -0.713. The van der Waals surface area contributed by atoms with Gasteiger partial charge in [0.1, 0.15) is 16.6 Å². The molecule has 0 unspecified atom stereocenters. The minimum atomic E-state index is -4.48. The molecule has 1 heterocycles. The average molecular weight is 520 g/mol. The molecule has 0 radical (unpaired) electrons. The van der Waals surface area contributed by atoms with Gasteiger partial charge < -0.3 is 10.6 Å². The normalized spacial score (nSPS) is 11.9. The molecule has 27 heavy (non-hydrogen) atoms. The summed E-state index contributed by atoms with van der Waals surface area (Å²) in [7, 11) is 0. The van der Waals surface area contributed by atoms with Crippen molar-refractivity contribution in [3.05, 3.63) is 51.5 Å². The van der Waals surface area contributed by atoms with Gasteiger partial charge in [0, 0.05) is 18.5 Å². The Bertz CT molecular complexity index is 764. The third-order valence-electron chi connectivity index (χ3n) is 3.25. The van der Waals surface area contributed by atoms with Crippen LogP contribution in [0.3, 0.4) is 0 Å². The predicted molar refractivity (Wildman–Crippen MR) is 105 cm³/mol. The fourth-order valence-corrected chi connectivity index (χ4v) is 2.78. The summed E-state index contributed by atoms with van der Waals surface area (Å²) in [6, 6.07) is 3.22. The number of rotatable bonds is 6. The largest absolute Gasteiger partial charge is 0.434 e. The Kier molecular flexibility index (Phi) is 9.36. The molecule has 0 bridgehead atoms. The number of aliphatic imine (C=N–C) groups is 1. The van der Waals surface area contributed by atoms with Gasteiger partial charge >= 0.3 is 6.18 Å². The van der Waals surface area contributed by atoms with Crippen LogP contribution < -0.4 is 10.6 Å². The highest BCUT2D eigenvalue weighted by molar-refractivity contribution is 14.0. The van der Waals surface area contributed by atoms with Crippen molar-refractivity contribution in [2.75, 3.05) is 13.1 Å². The van der Waals surface area contributed by atoms with E-state index >= 15 is 0 Å². The molecule has 0 aliphatic rings. The minimum absolute atomic E-state index is 0. The molecular formula is C16H18F5IN4S. The van der Waals surface area contributed by atoms with E-state index in [9.17, 15) is 22.0 Å². The van der Waals surface area contributed by atoms with Crippen LogP contribution in [0.1, 0.15) is 23.2 Å². The zero-order chi connectivity index (χ0) is 19.2. The van der Waals surface area contributed by atoms with E-state index in [1.54, 1.807) is 0 Å². The first kappa shape index (κ1) is 23.5. The lowest BCUT2D eigenvalue weighted by Gasteiger charge is -2.11. The summed E-state index contributed by atoms with van der Waals surface area (Å²) in [4.78, 5) is 7.66. The Labute approximate surface area is 174 Å². The molecule has 0 amide bonds. The van der Waals surface area contributed by atoms with Crippen molar-refractivity contribution < 1.29 is 22.0 Å². The molecule has 2 rings (SSSR count). The molecule has 0 saturated carbocycles. The van der Waals surface area contributed by atoms with Gasteiger partial charge in [-0.1, -0.05) is 0 Å². The Morgan fingerprint density at radius 3 is 2.59 bits per heavy atom. The minimum Gasteiger partial charge on any atom is -0.357 e. The first-order valence-corrected chi connectivity index (χ1v) is 8.65. The van der Waals surface area contributed by atoms with Gasteiger partial charge in [0.2, 0.25) is 0 Å². The molecular weight excluding hydrogens is 502 g/mol. The Hall–Kier alpha value is -1.50. The number of thiazole rings is 1. The lowest BCUT2D eigenvalue weighted by molar-refractivity contribution is -0.140. The molecule has 2 N–H and O–H groups in total. The van der Waals surface area contributed by atoms with Gasteiger partial charge in [-0.15, -0.1) is 35.3 Å². The van der Waals surface area contributed by atoms with Crippen LogP contribution in [0, 0.1) is 11.6 Å². The maximum absolute atomic E-state index is 13.6. The van der Waals surface area contributed by atoms with Crippen molar-refractivity contribution >= 4 is 41.3 Å². The molecule has 2 aromatic rings. The van der Waals surface area contributed by atoms with Crippen LogP contribution in [0.4, 0.5) is 22.0 Å². The molecule has 0 fully saturated rings. The number of hydrogen-bond donors (Lipinski definition) is 2. The molecule has 0 aliphatic carbocycles. The van der Waals surface area contributed by atoms with Crippen molar-refractivity contribution in [3.8, 4) is 0 Å². The van der Waals surface area contributed by atoms with E-state index in [-0.39, 0.29) is 54.1 Å². The fourth-order valence-electron chi connectivity index (χ4n) is 2.05. The second-order valence-electron chi connectivity index (χ2n) is 5.23. The number of nitrogens with zero attached hydrogens (tertiary/aromatic N) is 2. The van der Waals surface area contributed by atoms with Crippen LogP contribution in [-0.4, -0.2) is 24.0 Å². The lowest BCUT2D eigenvalue weighted by atomic mass is 10.1. The smallest absolute Gasteiger partial charge is 0.357 e. The molecule has 11 heteroatoms. The summed E-state index contributed by atoms with van der Waals surface area (Å²) in [6.07, 6.45) is -4.25. The number of guanidine groups is 1. The molecule has 0 spiro atoms. The van der Waals surface area contributed by atoms with E-state index < -0.39 is 23.5 Å². The molecule has 4 nitrogen and oxygen atoms in total. The van der Waals surface area contributed by atoms with Crippen LogP contribution in [-0.2, 0) is 19.1 Å². The first-order valence-electron chi connectivity index (χ1n) is 7.77. The zero-order valence-corrected chi connectivity index (χ0v) is 17.4. The van der Waals surface area contributed by atoms with Crippen LogP contribution >= 0.6 is 35.3 Å². The second kappa shape index (κ2) is 10.7. The lowest BCUT2D eigenvalue weighted by Crippen LogP contribution is -2.38. The zero-order valence-electron chi connectivity index (χ0n) is 14.2. The van der Waals surface area contributed by atoms with Crippen LogP contribution in [0.2, 0.25) is 0 Å². The second-order valence-corrected chi connectivity index (χ2v) is 6.17. The van der Waals surface area contributed by atoms with Gasteiger partial charge in [0.15, 0.2) is 11.7 Å². The third-order valence-corrected chi connectivity index (χ3v) is 4.09. The van der Waals surface area contributed by atoms with E-state index in [1.165, 1.54) is 0 Å². The monoisotopic (exact) mass is 520 g/mol. The average Bonchev–Trinajstić information content (AvgIpc) is 3.05. The summed E-state index contributed by atoms with van der Waals surface area (Å²) < 4.78 is 64.3. The molecule has 0 saturated heterocycles. The van der Waals surface area contributed by atoms with E-state index in [4.69, 9.17) is 0 Å². The summed E-state index contributed by atoms with van der Waals surface area (Å²) in [6.45, 7) is 2.61. The number of aromatic nitrogens is 1. The van der Waals surface area contributed by atoms with Crippen LogP contribution in [0.15, 0.2) is 28.6 Å². The van der Waals surface area contributed by atoms with E-state index in [0.29, 0.717) is 12.5 Å². The highest BCUT2D eigenvalue weighted by Crippen LogP contribution is 2.30.